The Labute approximate surface area is 101 Å². The van der Waals surface area contributed by atoms with Crippen LogP contribution in [-0.2, 0) is 0 Å². The minimum absolute atomic E-state index is 0.182. The van der Waals surface area contributed by atoms with Crippen molar-refractivity contribution in [3.05, 3.63) is 30.5 Å². The SMILES string of the molecule is CNc1ncc(-c2ccc(OC(C)C)cc2)o1. The molecule has 2 aromatic rings. The monoisotopic (exact) mass is 232 g/mol. The van der Waals surface area contributed by atoms with Crippen LogP contribution in [0.1, 0.15) is 13.8 Å². The predicted octanol–water partition coefficient (Wildman–Crippen LogP) is 3.17. The first-order valence-corrected chi connectivity index (χ1v) is 5.59. The van der Waals surface area contributed by atoms with Gasteiger partial charge in [-0.1, -0.05) is 0 Å². The fourth-order valence-electron chi connectivity index (χ4n) is 1.49. The van der Waals surface area contributed by atoms with E-state index in [1.54, 1.807) is 13.2 Å². The van der Waals surface area contributed by atoms with Gasteiger partial charge in [0.05, 0.1) is 12.3 Å². The highest BCUT2D eigenvalue weighted by Gasteiger charge is 2.05. The van der Waals surface area contributed by atoms with Crippen molar-refractivity contribution in [3.8, 4) is 17.1 Å². The number of rotatable bonds is 4. The summed E-state index contributed by atoms with van der Waals surface area (Å²) in [5.74, 6) is 1.60. The van der Waals surface area contributed by atoms with Crippen LogP contribution in [-0.4, -0.2) is 18.1 Å². The highest BCUT2D eigenvalue weighted by molar-refractivity contribution is 5.58. The summed E-state index contributed by atoms with van der Waals surface area (Å²) < 4.78 is 11.0. The van der Waals surface area contributed by atoms with Crippen LogP contribution in [0.4, 0.5) is 6.01 Å². The number of benzene rings is 1. The average Bonchev–Trinajstić information content (AvgIpc) is 2.78. The zero-order chi connectivity index (χ0) is 12.3. The highest BCUT2D eigenvalue weighted by Crippen LogP contribution is 2.24. The molecule has 0 radical (unpaired) electrons. The lowest BCUT2D eigenvalue weighted by Gasteiger charge is -2.09. The first-order valence-electron chi connectivity index (χ1n) is 5.59. The van der Waals surface area contributed by atoms with Crippen molar-refractivity contribution in [1.82, 2.24) is 4.98 Å². The van der Waals surface area contributed by atoms with Crippen LogP contribution in [0.5, 0.6) is 5.75 Å². The Balaban J connectivity index is 2.17. The second-order valence-electron chi connectivity index (χ2n) is 3.97. The number of aromatic nitrogens is 1. The molecule has 0 saturated carbocycles. The Kier molecular flexibility index (Phi) is 3.32. The summed E-state index contributed by atoms with van der Waals surface area (Å²) >= 11 is 0. The van der Waals surface area contributed by atoms with E-state index in [-0.39, 0.29) is 6.10 Å². The van der Waals surface area contributed by atoms with Crippen LogP contribution in [0.15, 0.2) is 34.9 Å². The molecule has 0 fully saturated rings. The van der Waals surface area contributed by atoms with Gasteiger partial charge in [-0.3, -0.25) is 0 Å². The van der Waals surface area contributed by atoms with Gasteiger partial charge in [0.2, 0.25) is 0 Å². The van der Waals surface area contributed by atoms with Crippen molar-refractivity contribution in [1.29, 1.82) is 0 Å². The summed E-state index contributed by atoms with van der Waals surface area (Å²) in [6.45, 7) is 4.01. The Hall–Kier alpha value is -1.97. The third-order valence-corrected chi connectivity index (χ3v) is 2.23. The molecule has 0 amide bonds. The predicted molar refractivity (Wildman–Crippen MR) is 67.2 cm³/mol. The molecule has 90 valence electrons. The topological polar surface area (TPSA) is 47.3 Å². The van der Waals surface area contributed by atoms with Gasteiger partial charge in [-0.05, 0) is 38.1 Å². The summed E-state index contributed by atoms with van der Waals surface area (Å²) in [5, 5.41) is 2.85. The third kappa shape index (κ3) is 2.78. The van der Waals surface area contributed by atoms with E-state index in [0.717, 1.165) is 17.1 Å². The smallest absolute Gasteiger partial charge is 0.294 e. The Morgan fingerprint density at radius 1 is 1.24 bits per heavy atom. The fraction of sp³-hybridized carbons (Fsp3) is 0.308. The first kappa shape index (κ1) is 11.5. The molecule has 0 aliphatic carbocycles. The number of nitrogens with one attached hydrogen (secondary N) is 1. The lowest BCUT2D eigenvalue weighted by Crippen LogP contribution is -2.05. The lowest BCUT2D eigenvalue weighted by atomic mass is 10.2. The minimum atomic E-state index is 0.182. The average molecular weight is 232 g/mol. The van der Waals surface area contributed by atoms with Crippen LogP contribution >= 0.6 is 0 Å². The minimum Gasteiger partial charge on any atom is -0.491 e. The molecular formula is C13H16N2O2. The summed E-state index contributed by atoms with van der Waals surface area (Å²) in [6.07, 6.45) is 1.88. The molecule has 1 aromatic heterocycles. The number of anilines is 1. The van der Waals surface area contributed by atoms with Gasteiger partial charge in [-0.15, -0.1) is 0 Å². The van der Waals surface area contributed by atoms with Crippen molar-refractivity contribution in [2.24, 2.45) is 0 Å². The molecule has 0 aliphatic rings. The fourth-order valence-corrected chi connectivity index (χ4v) is 1.49. The van der Waals surface area contributed by atoms with Gasteiger partial charge >= 0.3 is 0 Å². The number of oxazole rings is 1. The van der Waals surface area contributed by atoms with E-state index >= 15 is 0 Å². The molecule has 1 heterocycles. The largest absolute Gasteiger partial charge is 0.491 e. The van der Waals surface area contributed by atoms with Crippen molar-refractivity contribution in [2.45, 2.75) is 20.0 Å². The van der Waals surface area contributed by atoms with Crippen molar-refractivity contribution >= 4 is 6.01 Å². The number of hydrogen-bond donors (Lipinski definition) is 1. The van der Waals surface area contributed by atoms with E-state index in [1.165, 1.54) is 0 Å². The van der Waals surface area contributed by atoms with E-state index in [4.69, 9.17) is 9.15 Å². The first-order chi connectivity index (χ1) is 8.19. The van der Waals surface area contributed by atoms with Gasteiger partial charge < -0.3 is 14.5 Å². The second kappa shape index (κ2) is 4.91. The van der Waals surface area contributed by atoms with Crippen LogP contribution in [0.3, 0.4) is 0 Å². The van der Waals surface area contributed by atoms with E-state index in [9.17, 15) is 0 Å². The molecule has 1 aromatic carbocycles. The Bertz CT molecular complexity index is 474. The summed E-state index contributed by atoms with van der Waals surface area (Å²) in [4.78, 5) is 4.07. The van der Waals surface area contributed by atoms with Gasteiger partial charge in [0.15, 0.2) is 5.76 Å². The molecule has 4 heteroatoms. The summed E-state index contributed by atoms with van der Waals surface area (Å²) in [7, 11) is 1.77. The van der Waals surface area contributed by atoms with Crippen LogP contribution in [0.25, 0.3) is 11.3 Å². The Morgan fingerprint density at radius 2 is 1.94 bits per heavy atom. The summed E-state index contributed by atoms with van der Waals surface area (Å²) in [6, 6.07) is 8.28. The second-order valence-corrected chi connectivity index (χ2v) is 3.97. The molecular weight excluding hydrogens is 216 g/mol. The van der Waals surface area contributed by atoms with E-state index in [0.29, 0.717) is 6.01 Å². The molecule has 0 spiro atoms. The Morgan fingerprint density at radius 3 is 2.47 bits per heavy atom. The van der Waals surface area contributed by atoms with Crippen LogP contribution < -0.4 is 10.1 Å². The highest BCUT2D eigenvalue weighted by atomic mass is 16.5. The van der Waals surface area contributed by atoms with Gasteiger partial charge in [0.1, 0.15) is 5.75 Å². The molecule has 17 heavy (non-hydrogen) atoms. The number of ether oxygens (including phenoxy) is 1. The van der Waals surface area contributed by atoms with Crippen molar-refractivity contribution in [2.75, 3.05) is 12.4 Å². The van der Waals surface area contributed by atoms with Crippen molar-refractivity contribution < 1.29 is 9.15 Å². The van der Waals surface area contributed by atoms with E-state index in [1.807, 2.05) is 38.1 Å². The molecule has 0 bridgehead atoms. The van der Waals surface area contributed by atoms with Gasteiger partial charge in [-0.25, -0.2) is 4.98 Å². The summed E-state index contributed by atoms with van der Waals surface area (Å²) in [5.41, 5.74) is 0.982. The quantitative estimate of drug-likeness (QED) is 0.879. The molecule has 2 rings (SSSR count). The number of hydrogen-bond acceptors (Lipinski definition) is 4. The van der Waals surface area contributed by atoms with Gasteiger partial charge in [-0.2, -0.15) is 0 Å². The maximum atomic E-state index is 5.57. The van der Waals surface area contributed by atoms with E-state index in [2.05, 4.69) is 10.3 Å². The maximum absolute atomic E-state index is 5.57. The molecule has 0 saturated heterocycles. The standard InChI is InChI=1S/C13H16N2O2/c1-9(2)16-11-6-4-10(5-7-11)12-8-15-13(14-3)17-12/h4-9H,1-3H3,(H,14,15). The molecule has 1 N–H and O–H groups in total. The van der Waals surface area contributed by atoms with Crippen LogP contribution in [0, 0.1) is 0 Å². The maximum Gasteiger partial charge on any atom is 0.294 e. The van der Waals surface area contributed by atoms with Gasteiger partial charge in [0, 0.05) is 12.6 Å². The zero-order valence-corrected chi connectivity index (χ0v) is 10.2. The molecule has 0 aliphatic heterocycles. The van der Waals surface area contributed by atoms with Gasteiger partial charge in [0.25, 0.3) is 6.01 Å². The van der Waals surface area contributed by atoms with Crippen LogP contribution in [0.2, 0.25) is 0 Å². The molecule has 0 atom stereocenters. The molecule has 4 nitrogen and oxygen atoms in total. The number of nitrogens with zero attached hydrogens (tertiary/aromatic N) is 1. The van der Waals surface area contributed by atoms with Crippen molar-refractivity contribution in [3.63, 3.8) is 0 Å². The van der Waals surface area contributed by atoms with E-state index < -0.39 is 0 Å². The molecule has 0 unspecified atom stereocenters. The third-order valence-electron chi connectivity index (χ3n) is 2.23. The normalized spacial score (nSPS) is 10.6. The zero-order valence-electron chi connectivity index (χ0n) is 10.2. The lowest BCUT2D eigenvalue weighted by molar-refractivity contribution is 0.242.